The quantitative estimate of drug-likeness (QED) is 0.399. The molecule has 0 heterocycles. The van der Waals surface area contributed by atoms with Crippen molar-refractivity contribution in [1.29, 1.82) is 0 Å². The van der Waals surface area contributed by atoms with Gasteiger partial charge in [-0.15, -0.1) is 0 Å². The van der Waals surface area contributed by atoms with Gasteiger partial charge in [0.05, 0.1) is 0 Å². The molecule has 0 fully saturated rings. The summed E-state index contributed by atoms with van der Waals surface area (Å²) in [6.45, 7) is 2.81. The summed E-state index contributed by atoms with van der Waals surface area (Å²) < 4.78 is 0. The van der Waals surface area contributed by atoms with Crippen LogP contribution in [-0.4, -0.2) is 22.9 Å². The first-order chi connectivity index (χ1) is 2.27. The van der Waals surface area contributed by atoms with E-state index in [4.69, 9.17) is 10.2 Å². The molecule has 0 aliphatic heterocycles. The van der Waals surface area contributed by atoms with E-state index < -0.39 is 6.10 Å². The van der Waals surface area contributed by atoms with Crippen molar-refractivity contribution in [3.8, 4) is 0 Å². The second kappa shape index (κ2) is 5.61. The molecule has 0 aliphatic carbocycles. The first-order valence-electron chi connectivity index (χ1n) is 1.39. The van der Waals surface area contributed by atoms with Crippen molar-refractivity contribution in [3.05, 3.63) is 6.92 Å². The zero-order valence-electron chi connectivity index (χ0n) is 3.29. The summed E-state index contributed by atoms with van der Waals surface area (Å²) in [7, 11) is 0. The van der Waals surface area contributed by atoms with Crippen LogP contribution in [0.15, 0.2) is 0 Å². The van der Waals surface area contributed by atoms with E-state index in [0.29, 0.717) is 0 Å². The van der Waals surface area contributed by atoms with Crippen LogP contribution in [0.2, 0.25) is 0 Å². The third-order valence-corrected chi connectivity index (χ3v) is 0.211. The second-order valence-corrected chi connectivity index (χ2v) is 0.836. The van der Waals surface area contributed by atoms with Crippen LogP contribution < -0.4 is 0 Å². The van der Waals surface area contributed by atoms with Crippen LogP contribution in [0.25, 0.3) is 0 Å². The van der Waals surface area contributed by atoms with Crippen LogP contribution in [0.4, 0.5) is 0 Å². The fourth-order valence-corrected chi connectivity index (χ4v) is 0. The molecule has 0 aliphatic rings. The molecular weight excluding hydrogens is 164 g/mol. The van der Waals surface area contributed by atoms with E-state index in [9.17, 15) is 0 Å². The number of rotatable bonds is 1. The van der Waals surface area contributed by atoms with Crippen molar-refractivity contribution in [2.75, 3.05) is 6.61 Å². The Morgan fingerprint density at radius 1 is 1.67 bits per heavy atom. The van der Waals surface area contributed by atoms with Crippen LogP contribution in [0.5, 0.6) is 0 Å². The van der Waals surface area contributed by atoms with E-state index >= 15 is 0 Å². The number of aliphatic hydroxyl groups excluding tert-OH is 2. The smallest absolute Gasteiger partial charge is 0.0408 e. The number of hydrogen-bond donors (Lipinski definition) is 2. The Hall–Kier alpha value is 0.608. The molecule has 3 heteroatoms. The van der Waals surface area contributed by atoms with Gasteiger partial charge in [-0.1, -0.05) is 0 Å². The molecule has 0 rings (SSSR count). The molecule has 38 valence electrons. The summed E-state index contributed by atoms with van der Waals surface area (Å²) in [5.74, 6) is 0. The van der Waals surface area contributed by atoms with Gasteiger partial charge in [0.15, 0.2) is 0 Å². The average molecular weight is 171 g/mol. The normalized spacial score (nSPS) is 12.5. The molecule has 0 aromatic carbocycles. The van der Waals surface area contributed by atoms with Crippen molar-refractivity contribution in [3.63, 3.8) is 0 Å². The molecule has 0 radical (unpaired) electrons. The van der Waals surface area contributed by atoms with Crippen LogP contribution in [-0.2, 0) is 21.1 Å². The fourth-order valence-electron chi connectivity index (χ4n) is 0. The Balaban J connectivity index is 0. The first-order valence-corrected chi connectivity index (χ1v) is 1.39. The van der Waals surface area contributed by atoms with E-state index in [0.717, 1.165) is 0 Å². The molecule has 2 nitrogen and oxygen atoms in total. The summed E-state index contributed by atoms with van der Waals surface area (Å²) in [5, 5.41) is 15.8. The largest absolute Gasteiger partial charge is 0.423 e. The van der Waals surface area contributed by atoms with Gasteiger partial charge in [-0.05, 0) is 6.10 Å². The second-order valence-electron chi connectivity index (χ2n) is 0.836. The average Bonchev–Trinajstić information content (AvgIpc) is 1.38. The summed E-state index contributed by atoms with van der Waals surface area (Å²) in [5.41, 5.74) is 0. The van der Waals surface area contributed by atoms with Gasteiger partial charge in [0.1, 0.15) is 0 Å². The summed E-state index contributed by atoms with van der Waals surface area (Å²) >= 11 is 0. The molecular formula is C3H7MoO2-. The molecule has 0 saturated heterocycles. The van der Waals surface area contributed by atoms with E-state index in [2.05, 4.69) is 6.92 Å². The third kappa shape index (κ3) is 8.82. The number of hydrogen-bond acceptors (Lipinski definition) is 2. The van der Waals surface area contributed by atoms with Gasteiger partial charge in [0.25, 0.3) is 0 Å². The summed E-state index contributed by atoms with van der Waals surface area (Å²) in [4.78, 5) is 0. The van der Waals surface area contributed by atoms with Crippen LogP contribution >= 0.6 is 0 Å². The van der Waals surface area contributed by atoms with Gasteiger partial charge in [-0.3, -0.25) is 0 Å². The van der Waals surface area contributed by atoms with Gasteiger partial charge in [0, 0.05) is 27.7 Å². The molecule has 0 saturated carbocycles. The molecule has 0 aromatic heterocycles. The number of aliphatic hydroxyl groups is 2. The zero-order valence-corrected chi connectivity index (χ0v) is 5.30. The summed E-state index contributed by atoms with van der Waals surface area (Å²) in [6, 6.07) is 0. The molecule has 2 N–H and O–H groups in total. The van der Waals surface area contributed by atoms with Gasteiger partial charge in [0.2, 0.25) is 0 Å². The standard InChI is InChI=1S/C3H7O2.Mo/c1-3(5)2-4;/h3-5H,1-2H2;/q-1;. The van der Waals surface area contributed by atoms with E-state index in [1.807, 2.05) is 0 Å². The molecule has 1 atom stereocenters. The minimum atomic E-state index is -0.810. The molecule has 6 heavy (non-hydrogen) atoms. The van der Waals surface area contributed by atoms with E-state index in [1.165, 1.54) is 0 Å². The van der Waals surface area contributed by atoms with Crippen molar-refractivity contribution in [1.82, 2.24) is 0 Å². The Morgan fingerprint density at radius 2 is 1.83 bits per heavy atom. The third-order valence-electron chi connectivity index (χ3n) is 0.211. The zero-order chi connectivity index (χ0) is 4.28. The molecule has 0 spiro atoms. The van der Waals surface area contributed by atoms with Gasteiger partial charge in [-0.25, -0.2) is 0 Å². The minimum absolute atomic E-state index is 0. The minimum Gasteiger partial charge on any atom is -0.423 e. The maximum atomic E-state index is 8.00. The molecule has 1 unspecified atom stereocenters. The van der Waals surface area contributed by atoms with E-state index in [-0.39, 0.29) is 27.7 Å². The SMILES string of the molecule is [CH2-]C(O)CO.[Mo]. The van der Waals surface area contributed by atoms with Crippen LogP contribution in [0.3, 0.4) is 0 Å². The Bertz CT molecular complexity index is 22.8. The van der Waals surface area contributed by atoms with Gasteiger partial charge >= 0.3 is 0 Å². The molecule has 0 aromatic rings. The predicted molar refractivity (Wildman–Crippen MR) is 18.4 cm³/mol. The Kier molecular flexibility index (Phi) is 9.15. The van der Waals surface area contributed by atoms with Crippen molar-refractivity contribution in [2.24, 2.45) is 0 Å². The first kappa shape index (κ1) is 9.79. The Morgan fingerprint density at radius 3 is 1.83 bits per heavy atom. The topological polar surface area (TPSA) is 40.5 Å². The van der Waals surface area contributed by atoms with E-state index in [1.54, 1.807) is 0 Å². The maximum absolute atomic E-state index is 8.00. The predicted octanol–water partition coefficient (Wildman–Crippen LogP) is -0.829. The Labute approximate surface area is 51.4 Å². The van der Waals surface area contributed by atoms with Crippen molar-refractivity contribution < 1.29 is 31.3 Å². The van der Waals surface area contributed by atoms with Crippen molar-refractivity contribution >= 4 is 0 Å². The molecule has 0 bridgehead atoms. The van der Waals surface area contributed by atoms with Crippen LogP contribution in [0, 0.1) is 6.92 Å². The van der Waals surface area contributed by atoms with Crippen LogP contribution in [0.1, 0.15) is 0 Å². The fraction of sp³-hybridized carbons (Fsp3) is 0.667. The molecule has 0 amide bonds. The van der Waals surface area contributed by atoms with Gasteiger partial charge < -0.3 is 17.1 Å². The van der Waals surface area contributed by atoms with Gasteiger partial charge in [-0.2, -0.15) is 0 Å². The monoisotopic (exact) mass is 173 g/mol. The summed E-state index contributed by atoms with van der Waals surface area (Å²) in [6.07, 6.45) is -0.810. The maximum Gasteiger partial charge on any atom is 0.0408 e. The van der Waals surface area contributed by atoms with Crippen molar-refractivity contribution in [2.45, 2.75) is 6.10 Å².